The lowest BCUT2D eigenvalue weighted by Gasteiger charge is -2.33. The normalized spacial score (nSPS) is 17.0. The van der Waals surface area contributed by atoms with Gasteiger partial charge in [0.25, 0.3) is 0 Å². The molecule has 7 nitrogen and oxygen atoms in total. The molecule has 0 radical (unpaired) electrons. The third kappa shape index (κ3) is 4.83. The summed E-state index contributed by atoms with van der Waals surface area (Å²) in [5.41, 5.74) is 1.85. The number of piperazine rings is 1. The molecule has 0 amide bonds. The Morgan fingerprint density at radius 2 is 1.90 bits per heavy atom. The fourth-order valence-electron chi connectivity index (χ4n) is 3.47. The first kappa shape index (κ1) is 21.0. The van der Waals surface area contributed by atoms with E-state index in [0.29, 0.717) is 23.6 Å². The molecule has 29 heavy (non-hydrogen) atoms. The standard InChI is InChI=1S/C22H29N5O2/c1-4-16(3)15-29-22(28)17(14-23)20-21(27-12-10-26(5-2)11-13-27)25-19-9-7-6-8-18(19)24-20/h6-9,16-17H,4-5,10-13,15H2,1-3H3/p+1/t16-,17-/m1/s1. The number of nitrogens with zero attached hydrogens (tertiary/aromatic N) is 4. The first-order valence-corrected chi connectivity index (χ1v) is 10.5. The number of para-hydroxylation sites is 2. The molecule has 1 aromatic heterocycles. The summed E-state index contributed by atoms with van der Waals surface area (Å²) in [4.78, 5) is 25.9. The van der Waals surface area contributed by atoms with Crippen molar-refractivity contribution >= 4 is 22.8 Å². The number of anilines is 1. The fraction of sp³-hybridized carbons (Fsp3) is 0.545. The summed E-state index contributed by atoms with van der Waals surface area (Å²) in [5, 5.41) is 9.81. The van der Waals surface area contributed by atoms with Gasteiger partial charge in [-0.2, -0.15) is 5.26 Å². The van der Waals surface area contributed by atoms with E-state index >= 15 is 0 Å². The van der Waals surface area contributed by atoms with E-state index in [-0.39, 0.29) is 5.92 Å². The minimum atomic E-state index is -1.08. The average molecular weight is 397 g/mol. The van der Waals surface area contributed by atoms with Gasteiger partial charge in [-0.1, -0.05) is 32.4 Å². The molecule has 1 aromatic carbocycles. The van der Waals surface area contributed by atoms with Crippen molar-refractivity contribution in [2.75, 3.05) is 44.2 Å². The van der Waals surface area contributed by atoms with Crippen molar-refractivity contribution in [2.45, 2.75) is 33.1 Å². The highest BCUT2D eigenvalue weighted by Crippen LogP contribution is 2.28. The Hall–Kier alpha value is -2.72. The highest BCUT2D eigenvalue weighted by atomic mass is 16.5. The van der Waals surface area contributed by atoms with Gasteiger partial charge in [0.1, 0.15) is 5.69 Å². The monoisotopic (exact) mass is 396 g/mol. The van der Waals surface area contributed by atoms with Crippen molar-refractivity contribution in [3.8, 4) is 6.07 Å². The van der Waals surface area contributed by atoms with Crippen LogP contribution in [0.4, 0.5) is 5.82 Å². The molecule has 2 aromatic rings. The number of hydrogen-bond donors (Lipinski definition) is 1. The van der Waals surface area contributed by atoms with E-state index in [1.54, 1.807) is 4.90 Å². The topological polar surface area (TPSA) is 83.5 Å². The molecule has 0 bridgehead atoms. The van der Waals surface area contributed by atoms with Crippen LogP contribution in [0.1, 0.15) is 38.8 Å². The van der Waals surface area contributed by atoms with Crippen LogP contribution in [-0.4, -0.2) is 55.3 Å². The molecular formula is C22H30N5O2+. The van der Waals surface area contributed by atoms with Crippen molar-refractivity contribution in [3.63, 3.8) is 0 Å². The zero-order chi connectivity index (χ0) is 20.8. The average Bonchev–Trinajstić information content (AvgIpc) is 2.77. The number of nitriles is 1. The first-order chi connectivity index (χ1) is 14.1. The summed E-state index contributed by atoms with van der Waals surface area (Å²) >= 11 is 0. The number of esters is 1. The Bertz CT molecular complexity index is 886. The van der Waals surface area contributed by atoms with E-state index in [1.807, 2.05) is 38.1 Å². The summed E-state index contributed by atoms with van der Waals surface area (Å²) in [7, 11) is 0. The summed E-state index contributed by atoms with van der Waals surface area (Å²) in [6.45, 7) is 11.3. The van der Waals surface area contributed by atoms with Crippen LogP contribution in [0.15, 0.2) is 24.3 Å². The van der Waals surface area contributed by atoms with Crippen LogP contribution in [0, 0.1) is 17.2 Å². The molecule has 1 aliphatic rings. The summed E-state index contributed by atoms with van der Waals surface area (Å²) < 4.78 is 5.44. The van der Waals surface area contributed by atoms with Crippen LogP contribution in [0.3, 0.4) is 0 Å². The number of ether oxygens (including phenoxy) is 1. The molecule has 3 rings (SSSR count). The molecule has 2 heterocycles. The third-order valence-corrected chi connectivity index (χ3v) is 5.69. The van der Waals surface area contributed by atoms with E-state index in [0.717, 1.165) is 44.7 Å². The van der Waals surface area contributed by atoms with Crippen LogP contribution in [0.2, 0.25) is 0 Å². The summed E-state index contributed by atoms with van der Waals surface area (Å²) in [5.74, 6) is -0.740. The second-order valence-electron chi connectivity index (χ2n) is 7.72. The maximum atomic E-state index is 12.7. The maximum absolute atomic E-state index is 12.7. The van der Waals surface area contributed by atoms with E-state index in [9.17, 15) is 10.1 Å². The zero-order valence-electron chi connectivity index (χ0n) is 17.5. The molecule has 1 N–H and O–H groups in total. The van der Waals surface area contributed by atoms with Gasteiger partial charge in [-0.15, -0.1) is 0 Å². The Labute approximate surface area is 172 Å². The largest absolute Gasteiger partial charge is 0.464 e. The lowest BCUT2D eigenvalue weighted by atomic mass is 10.1. The molecule has 0 unspecified atom stereocenters. The van der Waals surface area contributed by atoms with Gasteiger partial charge in [-0.3, -0.25) is 4.79 Å². The molecule has 1 aliphatic heterocycles. The minimum absolute atomic E-state index is 0.255. The Morgan fingerprint density at radius 3 is 2.48 bits per heavy atom. The van der Waals surface area contributed by atoms with Crippen LogP contribution in [-0.2, 0) is 9.53 Å². The number of rotatable bonds is 7. The third-order valence-electron chi connectivity index (χ3n) is 5.69. The molecule has 0 saturated carbocycles. The Balaban J connectivity index is 1.95. The fourth-order valence-corrected chi connectivity index (χ4v) is 3.47. The number of nitrogens with one attached hydrogen (secondary N) is 1. The second-order valence-corrected chi connectivity index (χ2v) is 7.72. The Kier molecular flexibility index (Phi) is 6.99. The molecule has 1 fully saturated rings. The van der Waals surface area contributed by atoms with Crippen LogP contribution < -0.4 is 9.80 Å². The predicted octanol–water partition coefficient (Wildman–Crippen LogP) is 1.55. The lowest BCUT2D eigenvalue weighted by Crippen LogP contribution is -3.14. The number of fused-ring (bicyclic) bond motifs is 1. The number of likely N-dealkylation sites (N-methyl/N-ethyl adjacent to an activating group) is 1. The van der Waals surface area contributed by atoms with Crippen molar-refractivity contribution in [1.82, 2.24) is 9.97 Å². The van der Waals surface area contributed by atoms with Gasteiger partial charge < -0.3 is 14.5 Å². The molecule has 154 valence electrons. The van der Waals surface area contributed by atoms with E-state index in [2.05, 4.69) is 17.9 Å². The number of hydrogen-bond acceptors (Lipinski definition) is 6. The summed E-state index contributed by atoms with van der Waals surface area (Å²) in [6.07, 6.45) is 0.912. The first-order valence-electron chi connectivity index (χ1n) is 10.5. The van der Waals surface area contributed by atoms with E-state index in [4.69, 9.17) is 14.7 Å². The molecule has 7 heteroatoms. The number of quaternary nitrogens is 1. The zero-order valence-corrected chi connectivity index (χ0v) is 17.5. The van der Waals surface area contributed by atoms with Gasteiger partial charge in [0.05, 0.1) is 56.4 Å². The van der Waals surface area contributed by atoms with Gasteiger partial charge in [0.15, 0.2) is 11.7 Å². The van der Waals surface area contributed by atoms with Gasteiger partial charge >= 0.3 is 5.97 Å². The molecular weight excluding hydrogens is 366 g/mol. The van der Waals surface area contributed by atoms with Crippen LogP contribution in [0.25, 0.3) is 11.0 Å². The van der Waals surface area contributed by atoms with Gasteiger partial charge in [0.2, 0.25) is 0 Å². The van der Waals surface area contributed by atoms with E-state index in [1.165, 1.54) is 0 Å². The molecule has 0 spiro atoms. The quantitative estimate of drug-likeness (QED) is 0.715. The maximum Gasteiger partial charge on any atom is 0.329 e. The Morgan fingerprint density at radius 1 is 1.24 bits per heavy atom. The SMILES string of the molecule is CC[C@@H](C)COC(=O)[C@H](C#N)c1nc2ccccc2nc1N1CC[NH+](CC)CC1. The van der Waals surface area contributed by atoms with Crippen LogP contribution >= 0.6 is 0 Å². The van der Waals surface area contributed by atoms with Gasteiger partial charge in [-0.25, -0.2) is 9.97 Å². The molecule has 1 saturated heterocycles. The number of benzene rings is 1. The number of carbonyl (C=O) groups is 1. The van der Waals surface area contributed by atoms with Crippen molar-refractivity contribution in [2.24, 2.45) is 5.92 Å². The molecule has 2 atom stereocenters. The summed E-state index contributed by atoms with van der Waals surface area (Å²) in [6, 6.07) is 9.68. The van der Waals surface area contributed by atoms with Crippen LogP contribution in [0.5, 0.6) is 0 Å². The minimum Gasteiger partial charge on any atom is -0.464 e. The van der Waals surface area contributed by atoms with Crippen molar-refractivity contribution < 1.29 is 14.4 Å². The smallest absolute Gasteiger partial charge is 0.329 e. The van der Waals surface area contributed by atoms with Crippen molar-refractivity contribution in [3.05, 3.63) is 30.0 Å². The van der Waals surface area contributed by atoms with E-state index < -0.39 is 11.9 Å². The van der Waals surface area contributed by atoms with Crippen molar-refractivity contribution in [1.29, 1.82) is 5.26 Å². The highest BCUT2D eigenvalue weighted by molar-refractivity contribution is 5.85. The van der Waals surface area contributed by atoms with Gasteiger partial charge in [-0.05, 0) is 25.0 Å². The molecule has 0 aliphatic carbocycles. The predicted molar refractivity (Wildman–Crippen MR) is 112 cm³/mol. The second kappa shape index (κ2) is 9.66. The highest BCUT2D eigenvalue weighted by Gasteiger charge is 2.32. The number of aromatic nitrogens is 2. The number of carbonyl (C=O) groups excluding carboxylic acids is 1. The van der Waals surface area contributed by atoms with Gasteiger partial charge in [0, 0.05) is 0 Å². The lowest BCUT2D eigenvalue weighted by molar-refractivity contribution is -0.898.